The zero-order valence-electron chi connectivity index (χ0n) is 15.8. The molecule has 0 saturated carbocycles. The molecule has 0 unspecified atom stereocenters. The molecule has 0 spiro atoms. The third-order valence-corrected chi connectivity index (χ3v) is 5.74. The number of Topliss-reactive ketones (excluding diaryl/α,β-unsaturated/α-hetero) is 1. The average Bonchev–Trinajstić information content (AvgIpc) is 3.44. The number of ketones is 1. The number of carbonyl (C=O) groups is 2. The number of rotatable bonds is 6. The van der Waals surface area contributed by atoms with Gasteiger partial charge in [-0.05, 0) is 43.2 Å². The monoisotopic (exact) mass is 412 g/mol. The van der Waals surface area contributed by atoms with Crippen molar-refractivity contribution in [3.63, 3.8) is 0 Å². The van der Waals surface area contributed by atoms with E-state index in [2.05, 4.69) is 10.3 Å². The molecule has 4 rings (SSSR count). The molecule has 1 amide bonds. The highest BCUT2D eigenvalue weighted by Crippen LogP contribution is 2.35. The number of ether oxygens (including phenoxy) is 2. The van der Waals surface area contributed by atoms with Gasteiger partial charge in [-0.15, -0.1) is 0 Å². The Morgan fingerprint density at radius 2 is 2.03 bits per heavy atom. The summed E-state index contributed by atoms with van der Waals surface area (Å²) in [4.78, 5) is 30.7. The molecule has 8 heteroatoms. The van der Waals surface area contributed by atoms with Gasteiger partial charge in [-0.1, -0.05) is 17.4 Å². The predicted molar refractivity (Wildman–Crippen MR) is 109 cm³/mol. The summed E-state index contributed by atoms with van der Waals surface area (Å²) in [6, 6.07) is 10.3. The molecule has 29 heavy (non-hydrogen) atoms. The molecule has 0 atom stereocenters. The van der Waals surface area contributed by atoms with E-state index in [4.69, 9.17) is 13.9 Å². The van der Waals surface area contributed by atoms with Crippen LogP contribution in [0.3, 0.4) is 0 Å². The van der Waals surface area contributed by atoms with Gasteiger partial charge < -0.3 is 13.9 Å². The van der Waals surface area contributed by atoms with Gasteiger partial charge in [-0.3, -0.25) is 14.9 Å². The highest BCUT2D eigenvalue weighted by molar-refractivity contribution is 7.18. The molecule has 3 heterocycles. The Bertz CT molecular complexity index is 1010. The van der Waals surface area contributed by atoms with E-state index >= 15 is 0 Å². The molecule has 1 aliphatic heterocycles. The van der Waals surface area contributed by atoms with Crippen molar-refractivity contribution >= 4 is 28.2 Å². The van der Waals surface area contributed by atoms with Crippen LogP contribution >= 0.6 is 11.3 Å². The fraction of sp³-hybridized carbons (Fsp3) is 0.286. The maximum absolute atomic E-state index is 13.1. The van der Waals surface area contributed by atoms with E-state index in [1.165, 1.54) is 17.6 Å². The van der Waals surface area contributed by atoms with Crippen LogP contribution in [0, 0.1) is 5.92 Å². The highest BCUT2D eigenvalue weighted by atomic mass is 32.1. The smallest absolute Gasteiger partial charge is 0.257 e. The van der Waals surface area contributed by atoms with Crippen molar-refractivity contribution in [2.45, 2.75) is 12.8 Å². The van der Waals surface area contributed by atoms with Crippen LogP contribution in [0.1, 0.15) is 32.9 Å². The SMILES string of the molecule is COc1cccc(C(=O)Nc2nc(-c3ccco3)c(C(=O)C3CCOCC3)s2)c1. The molecular formula is C21H20N2O5S. The van der Waals surface area contributed by atoms with Crippen molar-refractivity contribution in [2.24, 2.45) is 5.92 Å². The molecule has 0 radical (unpaired) electrons. The Morgan fingerprint density at radius 3 is 2.76 bits per heavy atom. The number of carbonyl (C=O) groups excluding carboxylic acids is 2. The van der Waals surface area contributed by atoms with Gasteiger partial charge in [0.2, 0.25) is 0 Å². The molecule has 1 aliphatic rings. The molecule has 7 nitrogen and oxygen atoms in total. The molecule has 1 N–H and O–H groups in total. The molecule has 2 aromatic heterocycles. The Labute approximate surface area is 171 Å². The molecule has 3 aromatic rings. The number of aromatic nitrogens is 1. The van der Waals surface area contributed by atoms with Gasteiger partial charge in [0.15, 0.2) is 16.7 Å². The lowest BCUT2D eigenvalue weighted by atomic mass is 9.94. The zero-order chi connectivity index (χ0) is 20.2. The Balaban J connectivity index is 1.62. The molecule has 1 saturated heterocycles. The lowest BCUT2D eigenvalue weighted by Gasteiger charge is -2.20. The number of benzene rings is 1. The van der Waals surface area contributed by atoms with E-state index in [1.54, 1.807) is 43.5 Å². The second kappa shape index (κ2) is 8.59. The number of methoxy groups -OCH3 is 1. The van der Waals surface area contributed by atoms with Crippen molar-refractivity contribution < 1.29 is 23.5 Å². The van der Waals surface area contributed by atoms with Gasteiger partial charge in [0.1, 0.15) is 16.3 Å². The normalized spacial score (nSPS) is 14.5. The summed E-state index contributed by atoms with van der Waals surface area (Å²) in [5, 5.41) is 3.13. The minimum absolute atomic E-state index is 0.0130. The van der Waals surface area contributed by atoms with Crippen LogP contribution in [0.15, 0.2) is 47.1 Å². The maximum atomic E-state index is 13.1. The molecule has 0 aliphatic carbocycles. The maximum Gasteiger partial charge on any atom is 0.257 e. The summed E-state index contributed by atoms with van der Waals surface area (Å²) in [6.45, 7) is 1.15. The van der Waals surface area contributed by atoms with Gasteiger partial charge in [0.25, 0.3) is 5.91 Å². The standard InChI is InChI=1S/C21H20N2O5S/c1-26-15-5-2-4-14(12-15)20(25)23-21-22-17(16-6-3-9-28-16)19(29-21)18(24)13-7-10-27-11-8-13/h2-6,9,12-13H,7-8,10-11H2,1H3,(H,22,23,25). The zero-order valence-corrected chi connectivity index (χ0v) is 16.7. The Morgan fingerprint density at radius 1 is 1.21 bits per heavy atom. The van der Waals surface area contributed by atoms with Gasteiger partial charge in [-0.2, -0.15) is 0 Å². The fourth-order valence-electron chi connectivity index (χ4n) is 3.20. The summed E-state index contributed by atoms with van der Waals surface area (Å²) in [5.74, 6) is 0.662. The van der Waals surface area contributed by atoms with Crippen LogP contribution in [-0.4, -0.2) is 37.0 Å². The van der Waals surface area contributed by atoms with Crippen molar-refractivity contribution in [3.05, 3.63) is 53.1 Å². The quantitative estimate of drug-likeness (QED) is 0.608. The molecule has 0 bridgehead atoms. The average molecular weight is 412 g/mol. The number of thiazole rings is 1. The molecule has 150 valence electrons. The summed E-state index contributed by atoms with van der Waals surface area (Å²) < 4.78 is 16.0. The van der Waals surface area contributed by atoms with Crippen LogP contribution < -0.4 is 10.1 Å². The summed E-state index contributed by atoms with van der Waals surface area (Å²) in [6.07, 6.45) is 2.89. The van der Waals surface area contributed by atoms with Crippen LogP contribution in [0.5, 0.6) is 5.75 Å². The van der Waals surface area contributed by atoms with Crippen LogP contribution in [0.4, 0.5) is 5.13 Å². The predicted octanol–water partition coefficient (Wildman–Crippen LogP) is 4.27. The van der Waals surface area contributed by atoms with E-state index in [1.807, 2.05) is 0 Å². The number of hydrogen-bond donors (Lipinski definition) is 1. The van der Waals surface area contributed by atoms with E-state index < -0.39 is 0 Å². The third kappa shape index (κ3) is 4.23. The molecule has 1 aromatic carbocycles. The second-order valence-corrected chi connectivity index (χ2v) is 7.61. The van der Waals surface area contributed by atoms with E-state index in [-0.39, 0.29) is 17.6 Å². The number of nitrogens with zero attached hydrogens (tertiary/aromatic N) is 1. The van der Waals surface area contributed by atoms with Crippen LogP contribution in [-0.2, 0) is 4.74 Å². The molecule has 1 fully saturated rings. The van der Waals surface area contributed by atoms with E-state index in [0.29, 0.717) is 58.8 Å². The lowest BCUT2D eigenvalue weighted by molar-refractivity contribution is 0.0547. The number of nitrogens with one attached hydrogen (secondary N) is 1. The van der Waals surface area contributed by atoms with Crippen LogP contribution in [0.25, 0.3) is 11.5 Å². The first-order valence-electron chi connectivity index (χ1n) is 9.28. The Kier molecular flexibility index (Phi) is 5.73. The van der Waals surface area contributed by atoms with E-state index in [0.717, 1.165) is 0 Å². The van der Waals surface area contributed by atoms with E-state index in [9.17, 15) is 9.59 Å². The van der Waals surface area contributed by atoms with Crippen molar-refractivity contribution in [3.8, 4) is 17.2 Å². The summed E-state index contributed by atoms with van der Waals surface area (Å²) >= 11 is 1.17. The highest BCUT2D eigenvalue weighted by Gasteiger charge is 2.29. The van der Waals surface area contributed by atoms with Gasteiger partial charge in [-0.25, -0.2) is 4.98 Å². The number of furan rings is 1. The first kappa shape index (κ1) is 19.4. The summed E-state index contributed by atoms with van der Waals surface area (Å²) in [7, 11) is 1.54. The molecular weight excluding hydrogens is 392 g/mol. The number of anilines is 1. The first-order chi connectivity index (χ1) is 14.2. The second-order valence-electron chi connectivity index (χ2n) is 6.61. The largest absolute Gasteiger partial charge is 0.497 e. The topological polar surface area (TPSA) is 90.7 Å². The minimum Gasteiger partial charge on any atom is -0.497 e. The Hall–Kier alpha value is -2.97. The first-order valence-corrected chi connectivity index (χ1v) is 10.1. The van der Waals surface area contributed by atoms with Crippen molar-refractivity contribution in [2.75, 3.05) is 25.6 Å². The van der Waals surface area contributed by atoms with Gasteiger partial charge >= 0.3 is 0 Å². The van der Waals surface area contributed by atoms with Gasteiger partial charge in [0.05, 0.1) is 13.4 Å². The number of amides is 1. The van der Waals surface area contributed by atoms with Gasteiger partial charge in [0, 0.05) is 24.7 Å². The van der Waals surface area contributed by atoms with Crippen molar-refractivity contribution in [1.29, 1.82) is 0 Å². The fourth-order valence-corrected chi connectivity index (χ4v) is 4.18. The van der Waals surface area contributed by atoms with Crippen molar-refractivity contribution in [1.82, 2.24) is 4.98 Å². The minimum atomic E-state index is -0.325. The number of hydrogen-bond acceptors (Lipinski definition) is 7. The van der Waals surface area contributed by atoms with Crippen LogP contribution in [0.2, 0.25) is 0 Å². The summed E-state index contributed by atoms with van der Waals surface area (Å²) in [5.41, 5.74) is 0.897. The lowest BCUT2D eigenvalue weighted by Crippen LogP contribution is -2.23. The third-order valence-electron chi connectivity index (χ3n) is 4.75.